The molecule has 10 N–H and O–H groups in total. The monoisotopic (exact) mass is 1780 g/mol. The molecule has 0 unspecified atom stereocenters. The number of carboxylic acids is 2. The molecular weight excluding hydrogens is 1670 g/mol. The summed E-state index contributed by atoms with van der Waals surface area (Å²) in [5.41, 5.74) is 22.0. The van der Waals surface area contributed by atoms with E-state index in [1.807, 2.05) is 20.8 Å². The first-order chi connectivity index (χ1) is 36.7. The molecule has 486 valence electrons. The van der Waals surface area contributed by atoms with Crippen molar-refractivity contribution in [2.75, 3.05) is 20.8 Å². The van der Waals surface area contributed by atoms with Crippen LogP contribution in [0.15, 0.2) is 0 Å². The molecule has 3 rings (SSSR count). The maximum atomic E-state index is 10.4. The van der Waals surface area contributed by atoms with Crippen molar-refractivity contribution in [1.82, 2.24) is 5.32 Å². The van der Waals surface area contributed by atoms with Crippen molar-refractivity contribution in [3.05, 3.63) is 38.0 Å². The maximum absolute atomic E-state index is 10.4. The summed E-state index contributed by atoms with van der Waals surface area (Å²) in [4.78, 5) is 30.1. The standard InChI is InChI=1S/C18H36O2.C9H19NO2.3C7H13N.C3H6O2.C3H8O.2CH4O.6ClH.3Pt/c1-2-3-4-5-6-7-8-9-10-11-12-13-14-15-16-17-18(19)20;1-8(2,3)6-9(4,5)10-7(11)12;3*1-6-4-2-3-5-7(6)8;1-2-3(4)5;1-2-3-4;2*1-2;;;;;;;;;/h2-17H2,1H3,(H,19,20);10H,6H2,1-5H3,(H,11,12);3*6-8H,1-5H2;2H2,1H3,(H,4,5);4H,2-3H2,1H3;2*2H,1H3;6*1H;;;/q;;3*-2;;;;;;;;;;;3*+4/p-6/t;;3*6-,7-;;;;;;;;;;;;;/m..111............./s1. The molecular formula is C56H116Cl6N4O9Pt3. The molecule has 0 saturated heterocycles. The second kappa shape index (κ2) is 80.8. The number of amides is 1. The molecule has 0 radical (unpaired) electrons. The summed E-state index contributed by atoms with van der Waals surface area (Å²) in [7, 11) is 31.2. The van der Waals surface area contributed by atoms with Crippen LogP contribution in [-0.2, 0) is 59.0 Å². The van der Waals surface area contributed by atoms with Crippen LogP contribution in [0.5, 0.6) is 0 Å². The van der Waals surface area contributed by atoms with Crippen LogP contribution >= 0.6 is 56.5 Å². The Kier molecular flexibility index (Phi) is 102. The van der Waals surface area contributed by atoms with Crippen LogP contribution in [0.25, 0.3) is 17.2 Å². The summed E-state index contributed by atoms with van der Waals surface area (Å²) in [6, 6.07) is 0.427. The number of hydrogen-bond acceptors (Lipinski definition) is 6. The van der Waals surface area contributed by atoms with Gasteiger partial charge in [-0.25, -0.2) is 4.79 Å². The fraction of sp³-hybridized carbons (Fsp3) is 0.893. The van der Waals surface area contributed by atoms with E-state index in [1.165, 1.54) is 141 Å². The normalized spacial score (nSPS) is 18.8. The number of rotatable bonds is 20. The van der Waals surface area contributed by atoms with E-state index in [9.17, 15) is 14.4 Å². The van der Waals surface area contributed by atoms with Crippen LogP contribution in [0.4, 0.5) is 4.79 Å². The summed E-state index contributed by atoms with van der Waals surface area (Å²) < 4.78 is 0. The first-order valence-corrected chi connectivity index (χ1v) is 44.7. The number of aliphatic hydroxyl groups is 3. The molecule has 3 aliphatic carbocycles. The van der Waals surface area contributed by atoms with E-state index in [4.69, 9.17) is 104 Å². The Morgan fingerprint density at radius 2 is 0.718 bits per heavy atom. The first kappa shape index (κ1) is 98.8. The van der Waals surface area contributed by atoms with E-state index in [1.54, 1.807) is 6.92 Å². The number of hydrogen-bond donors (Lipinski definition) is 7. The van der Waals surface area contributed by atoms with Crippen LogP contribution in [-0.4, -0.2) is 93.2 Å². The quantitative estimate of drug-likeness (QED) is 0.0451. The average molecular weight is 1790 g/mol. The fourth-order valence-electron chi connectivity index (χ4n) is 7.93. The van der Waals surface area contributed by atoms with Crippen LogP contribution in [0.3, 0.4) is 0 Å². The molecule has 6 atom stereocenters. The molecule has 0 aromatic carbocycles. The minimum atomic E-state index is -0.954. The molecule has 0 bridgehead atoms. The third-order valence-electron chi connectivity index (χ3n) is 11.7. The molecule has 3 saturated carbocycles. The van der Waals surface area contributed by atoms with Crippen LogP contribution < -0.4 is 5.32 Å². The Hall–Kier alpha value is 1.77. The van der Waals surface area contributed by atoms with Gasteiger partial charge >= 0.3 is 124 Å². The fourth-order valence-corrected chi connectivity index (χ4v) is 7.93. The third kappa shape index (κ3) is 106. The van der Waals surface area contributed by atoms with Gasteiger partial charge in [0.2, 0.25) is 0 Å². The van der Waals surface area contributed by atoms with Crippen molar-refractivity contribution < 1.29 is 94.5 Å². The summed E-state index contributed by atoms with van der Waals surface area (Å²) in [5.74, 6) is -0.138. The number of unbranched alkanes of at least 4 members (excludes halogenated alkanes) is 14. The Labute approximate surface area is 529 Å². The number of carboxylic acid groups (broad SMARTS) is 3. The Bertz CT molecular complexity index is 1070. The predicted molar refractivity (Wildman–Crippen MR) is 329 cm³/mol. The SMILES string of the molecule is CC(C)(C)CC(C)(C)NC(=O)O.CCC(=O)O.CCCCCCCCCCCCCCCCCC(=O)O.CCCO.CO.CO.[CH2-][C@@H]1CCCC[C@H]1[NH-].[CH2-][C@@H]1CCCC[C@H]1[NH-].[CH2-][C@@H]1CCCC[C@H]1[NH-].[Cl][Pt+2][Cl].[Cl][Pt+2][Cl].[Cl][Pt+2][Cl]. The Morgan fingerprint density at radius 1 is 0.487 bits per heavy atom. The number of aliphatic carboxylic acids is 2. The Morgan fingerprint density at radius 3 is 0.872 bits per heavy atom. The predicted octanol–water partition coefficient (Wildman–Crippen LogP) is 20.3. The van der Waals surface area contributed by atoms with Gasteiger partial charge in [0, 0.05) is 39.2 Å². The van der Waals surface area contributed by atoms with E-state index < -0.39 is 67.5 Å². The second-order valence-electron chi connectivity index (χ2n) is 20.7. The zero-order chi connectivity index (χ0) is 62.7. The average Bonchev–Trinajstić information content (AvgIpc) is 3.37. The third-order valence-corrected chi connectivity index (χ3v) is 11.7. The van der Waals surface area contributed by atoms with E-state index in [-0.39, 0.29) is 35.5 Å². The van der Waals surface area contributed by atoms with Gasteiger partial charge in [-0.15, -0.1) is 0 Å². The molecule has 13 nitrogen and oxygen atoms in total. The minimum absolute atomic E-state index is 0.142. The van der Waals surface area contributed by atoms with Gasteiger partial charge in [-0.1, -0.05) is 208 Å². The second-order valence-corrected chi connectivity index (χ2v) is 30.6. The van der Waals surface area contributed by atoms with Crippen molar-refractivity contribution in [2.24, 2.45) is 23.2 Å². The zero-order valence-electron chi connectivity index (χ0n) is 49.8. The van der Waals surface area contributed by atoms with E-state index in [0.717, 1.165) is 59.2 Å². The zero-order valence-corrected chi connectivity index (χ0v) is 61.2. The Balaban J connectivity index is -0.000000102. The molecule has 78 heavy (non-hydrogen) atoms. The first-order valence-electron chi connectivity index (χ1n) is 27.8. The van der Waals surface area contributed by atoms with Gasteiger partial charge in [-0.3, -0.25) is 9.59 Å². The molecule has 3 aliphatic rings. The molecule has 0 aliphatic heterocycles. The van der Waals surface area contributed by atoms with Gasteiger partial charge in [0.15, 0.2) is 0 Å². The van der Waals surface area contributed by atoms with Gasteiger partial charge in [-0.2, -0.15) is 35.9 Å². The van der Waals surface area contributed by atoms with E-state index in [2.05, 4.69) is 53.8 Å². The number of halogens is 6. The van der Waals surface area contributed by atoms with Crippen molar-refractivity contribution in [3.63, 3.8) is 0 Å². The van der Waals surface area contributed by atoms with Gasteiger partial charge in [0.1, 0.15) is 0 Å². The van der Waals surface area contributed by atoms with E-state index >= 15 is 0 Å². The van der Waals surface area contributed by atoms with E-state index in [0.29, 0.717) is 30.8 Å². The van der Waals surface area contributed by atoms with Crippen LogP contribution in [0, 0.1) is 43.9 Å². The summed E-state index contributed by atoms with van der Waals surface area (Å²) in [5, 5.41) is 49.1. The number of nitrogens with one attached hydrogen (secondary N) is 4. The number of aliphatic hydroxyl groups excluding tert-OH is 3. The molecule has 0 heterocycles. The van der Waals surface area contributed by atoms with Crippen molar-refractivity contribution in [2.45, 2.75) is 278 Å². The van der Waals surface area contributed by atoms with Crippen LogP contribution in [0.2, 0.25) is 0 Å². The molecule has 0 aromatic heterocycles. The summed E-state index contributed by atoms with van der Waals surface area (Å²) in [6.07, 6.45) is 35.6. The van der Waals surface area contributed by atoms with Gasteiger partial charge in [0.05, 0.1) is 0 Å². The van der Waals surface area contributed by atoms with Crippen molar-refractivity contribution >= 4 is 74.5 Å². The number of carbonyl (C=O) groups is 3. The molecule has 1 amide bonds. The topological polar surface area (TPSA) is 256 Å². The van der Waals surface area contributed by atoms with Crippen LogP contribution in [0.1, 0.15) is 254 Å². The molecule has 0 aromatic rings. The van der Waals surface area contributed by atoms with Gasteiger partial charge in [-0.05, 0) is 38.5 Å². The van der Waals surface area contributed by atoms with Crippen molar-refractivity contribution in [1.29, 1.82) is 0 Å². The van der Waals surface area contributed by atoms with Gasteiger partial charge in [0.25, 0.3) is 0 Å². The van der Waals surface area contributed by atoms with Gasteiger partial charge < -0.3 is 73.9 Å². The molecule has 22 heteroatoms. The molecule has 0 spiro atoms. The molecule has 3 fully saturated rings. The summed E-state index contributed by atoms with van der Waals surface area (Å²) >= 11 is -1.42. The summed E-state index contributed by atoms with van der Waals surface area (Å²) in [6.45, 7) is 27.9. The van der Waals surface area contributed by atoms with Crippen molar-refractivity contribution in [3.8, 4) is 0 Å².